The summed E-state index contributed by atoms with van der Waals surface area (Å²) < 4.78 is 0. The summed E-state index contributed by atoms with van der Waals surface area (Å²) in [5, 5.41) is 3.68. The first kappa shape index (κ1) is 13.1. The standard InChI is InChI=1S/C16H25N3/c17-8-3-9-18-14-7-11-19-10-6-13-4-1-2-5-15(13)16(19)12-14/h1-2,4-5,14,16,18H,3,6-12,17H2. The molecule has 19 heavy (non-hydrogen) atoms. The van der Waals surface area contributed by atoms with Crippen LogP contribution in [0.4, 0.5) is 0 Å². The molecule has 3 N–H and O–H groups in total. The van der Waals surface area contributed by atoms with E-state index in [4.69, 9.17) is 5.73 Å². The molecule has 0 spiro atoms. The summed E-state index contributed by atoms with van der Waals surface area (Å²) in [6.45, 7) is 4.32. The fourth-order valence-electron chi connectivity index (χ4n) is 3.55. The number of rotatable bonds is 4. The third-order valence-corrected chi connectivity index (χ3v) is 4.61. The van der Waals surface area contributed by atoms with E-state index >= 15 is 0 Å². The zero-order chi connectivity index (χ0) is 13.1. The van der Waals surface area contributed by atoms with Crippen LogP contribution in [0.25, 0.3) is 0 Å². The molecule has 104 valence electrons. The summed E-state index contributed by atoms with van der Waals surface area (Å²) in [7, 11) is 0. The Balaban J connectivity index is 1.68. The summed E-state index contributed by atoms with van der Waals surface area (Å²) in [6.07, 6.45) is 4.84. The zero-order valence-electron chi connectivity index (χ0n) is 11.6. The Bertz CT molecular complexity index is 418. The third kappa shape index (κ3) is 2.83. The Kier molecular flexibility index (Phi) is 4.16. The monoisotopic (exact) mass is 259 g/mol. The van der Waals surface area contributed by atoms with Crippen LogP contribution >= 0.6 is 0 Å². The van der Waals surface area contributed by atoms with Gasteiger partial charge in [-0.3, -0.25) is 4.90 Å². The minimum absolute atomic E-state index is 0.633. The van der Waals surface area contributed by atoms with E-state index in [1.54, 1.807) is 11.1 Å². The molecule has 1 saturated heterocycles. The van der Waals surface area contributed by atoms with Gasteiger partial charge in [-0.1, -0.05) is 24.3 Å². The zero-order valence-corrected chi connectivity index (χ0v) is 11.6. The number of hydrogen-bond acceptors (Lipinski definition) is 3. The van der Waals surface area contributed by atoms with Crippen LogP contribution in [0, 0.1) is 0 Å². The molecule has 3 rings (SSSR count). The van der Waals surface area contributed by atoms with Crippen molar-refractivity contribution in [2.45, 2.75) is 37.8 Å². The average molecular weight is 259 g/mol. The van der Waals surface area contributed by atoms with Gasteiger partial charge in [-0.25, -0.2) is 0 Å². The Morgan fingerprint density at radius 3 is 3.05 bits per heavy atom. The third-order valence-electron chi connectivity index (χ3n) is 4.61. The number of nitrogens with two attached hydrogens (primary N) is 1. The van der Waals surface area contributed by atoms with Crippen molar-refractivity contribution in [2.24, 2.45) is 5.73 Å². The van der Waals surface area contributed by atoms with Crippen molar-refractivity contribution < 1.29 is 0 Å². The molecule has 2 aliphatic rings. The van der Waals surface area contributed by atoms with E-state index in [-0.39, 0.29) is 0 Å². The van der Waals surface area contributed by atoms with Crippen molar-refractivity contribution in [3.63, 3.8) is 0 Å². The number of benzene rings is 1. The van der Waals surface area contributed by atoms with Gasteiger partial charge in [0, 0.05) is 25.2 Å². The molecular weight excluding hydrogens is 234 g/mol. The maximum atomic E-state index is 5.57. The first-order valence-electron chi connectivity index (χ1n) is 7.64. The highest BCUT2D eigenvalue weighted by Crippen LogP contribution is 2.36. The lowest BCUT2D eigenvalue weighted by molar-refractivity contribution is 0.116. The van der Waals surface area contributed by atoms with E-state index in [9.17, 15) is 0 Å². The van der Waals surface area contributed by atoms with Gasteiger partial charge in [-0.15, -0.1) is 0 Å². The second kappa shape index (κ2) is 6.04. The number of nitrogens with zero attached hydrogens (tertiary/aromatic N) is 1. The van der Waals surface area contributed by atoms with Crippen LogP contribution in [0.1, 0.15) is 36.4 Å². The van der Waals surface area contributed by atoms with Crippen LogP contribution < -0.4 is 11.1 Å². The quantitative estimate of drug-likeness (QED) is 0.809. The summed E-state index contributed by atoms with van der Waals surface area (Å²) >= 11 is 0. The Morgan fingerprint density at radius 2 is 2.16 bits per heavy atom. The van der Waals surface area contributed by atoms with E-state index in [0.29, 0.717) is 12.1 Å². The maximum Gasteiger partial charge on any atom is 0.0365 e. The van der Waals surface area contributed by atoms with Crippen molar-refractivity contribution in [3.8, 4) is 0 Å². The predicted molar refractivity (Wildman–Crippen MR) is 79.2 cm³/mol. The van der Waals surface area contributed by atoms with Crippen LogP contribution in [0.3, 0.4) is 0 Å². The van der Waals surface area contributed by atoms with Gasteiger partial charge in [0.15, 0.2) is 0 Å². The summed E-state index contributed by atoms with van der Waals surface area (Å²) in [4.78, 5) is 2.67. The van der Waals surface area contributed by atoms with Gasteiger partial charge in [-0.2, -0.15) is 0 Å². The lowest BCUT2D eigenvalue weighted by atomic mass is 9.85. The number of nitrogens with one attached hydrogen (secondary N) is 1. The molecule has 1 aromatic carbocycles. The van der Waals surface area contributed by atoms with Gasteiger partial charge in [0.25, 0.3) is 0 Å². The fraction of sp³-hybridized carbons (Fsp3) is 0.625. The van der Waals surface area contributed by atoms with E-state index in [0.717, 1.165) is 19.5 Å². The van der Waals surface area contributed by atoms with Crippen LogP contribution in [0.2, 0.25) is 0 Å². The smallest absolute Gasteiger partial charge is 0.0365 e. The first-order chi connectivity index (χ1) is 9.38. The van der Waals surface area contributed by atoms with E-state index in [1.165, 1.54) is 32.4 Å². The largest absolute Gasteiger partial charge is 0.330 e. The van der Waals surface area contributed by atoms with Gasteiger partial charge in [0.05, 0.1) is 0 Å². The van der Waals surface area contributed by atoms with Gasteiger partial charge in [-0.05, 0) is 49.9 Å². The highest BCUT2D eigenvalue weighted by molar-refractivity contribution is 5.33. The molecule has 1 fully saturated rings. The number of piperidine rings is 1. The molecule has 2 unspecified atom stereocenters. The van der Waals surface area contributed by atoms with Crippen LogP contribution in [0.5, 0.6) is 0 Å². The molecule has 3 nitrogen and oxygen atoms in total. The average Bonchev–Trinajstić information content (AvgIpc) is 2.47. The molecule has 3 heteroatoms. The second-order valence-electron chi connectivity index (χ2n) is 5.82. The number of hydrogen-bond donors (Lipinski definition) is 2. The summed E-state index contributed by atoms with van der Waals surface area (Å²) in [5.74, 6) is 0. The van der Waals surface area contributed by atoms with Crippen molar-refractivity contribution in [3.05, 3.63) is 35.4 Å². The number of fused-ring (bicyclic) bond motifs is 3. The maximum absolute atomic E-state index is 5.57. The minimum Gasteiger partial charge on any atom is -0.330 e. The SMILES string of the molecule is NCCCNC1CCN2CCc3ccccc3C2C1. The highest BCUT2D eigenvalue weighted by atomic mass is 15.2. The van der Waals surface area contributed by atoms with Crippen LogP contribution in [-0.4, -0.2) is 37.1 Å². The molecule has 2 atom stereocenters. The molecule has 2 aliphatic heterocycles. The summed E-state index contributed by atoms with van der Waals surface area (Å²) in [6, 6.07) is 10.3. The Morgan fingerprint density at radius 1 is 1.26 bits per heavy atom. The van der Waals surface area contributed by atoms with Crippen molar-refractivity contribution in [2.75, 3.05) is 26.2 Å². The highest BCUT2D eigenvalue weighted by Gasteiger charge is 2.32. The van der Waals surface area contributed by atoms with E-state index in [2.05, 4.69) is 34.5 Å². The van der Waals surface area contributed by atoms with Crippen molar-refractivity contribution in [1.29, 1.82) is 0 Å². The molecule has 0 bridgehead atoms. The molecular formula is C16H25N3. The van der Waals surface area contributed by atoms with Crippen molar-refractivity contribution in [1.82, 2.24) is 10.2 Å². The molecule has 2 heterocycles. The van der Waals surface area contributed by atoms with E-state index < -0.39 is 0 Å². The lowest BCUT2D eigenvalue weighted by Crippen LogP contribution is -2.47. The molecule has 0 amide bonds. The Hall–Kier alpha value is -0.900. The van der Waals surface area contributed by atoms with Gasteiger partial charge in [0.2, 0.25) is 0 Å². The minimum atomic E-state index is 0.633. The molecule has 0 radical (unpaired) electrons. The molecule has 0 saturated carbocycles. The fourth-order valence-corrected chi connectivity index (χ4v) is 3.55. The first-order valence-corrected chi connectivity index (χ1v) is 7.64. The lowest BCUT2D eigenvalue weighted by Gasteiger charge is -2.43. The van der Waals surface area contributed by atoms with Gasteiger partial charge < -0.3 is 11.1 Å². The van der Waals surface area contributed by atoms with Crippen LogP contribution in [-0.2, 0) is 6.42 Å². The molecule has 0 aromatic heterocycles. The molecule has 1 aromatic rings. The summed E-state index contributed by atoms with van der Waals surface area (Å²) in [5.41, 5.74) is 8.70. The predicted octanol–water partition coefficient (Wildman–Crippen LogP) is 1.69. The van der Waals surface area contributed by atoms with Gasteiger partial charge in [0.1, 0.15) is 0 Å². The van der Waals surface area contributed by atoms with Crippen LogP contribution in [0.15, 0.2) is 24.3 Å². The van der Waals surface area contributed by atoms with E-state index in [1.807, 2.05) is 0 Å². The van der Waals surface area contributed by atoms with Crippen molar-refractivity contribution >= 4 is 0 Å². The normalized spacial score (nSPS) is 26.8. The second-order valence-corrected chi connectivity index (χ2v) is 5.82. The topological polar surface area (TPSA) is 41.3 Å². The molecule has 0 aliphatic carbocycles. The Labute approximate surface area is 116 Å². The van der Waals surface area contributed by atoms with Gasteiger partial charge >= 0.3 is 0 Å².